The Labute approximate surface area is 162 Å². The molecule has 2 N–H and O–H groups in total. The molecule has 1 aliphatic heterocycles. The van der Waals surface area contributed by atoms with Gasteiger partial charge < -0.3 is 10.6 Å². The number of carbonyl (C=O) groups is 2. The Hall–Kier alpha value is -3.23. The van der Waals surface area contributed by atoms with E-state index in [1.165, 1.54) is 0 Å². The van der Waals surface area contributed by atoms with E-state index < -0.39 is 4.92 Å². The second-order valence-electron chi connectivity index (χ2n) is 7.12. The van der Waals surface area contributed by atoms with Crippen LogP contribution in [0.15, 0.2) is 24.3 Å². The van der Waals surface area contributed by atoms with Gasteiger partial charge in [0.05, 0.1) is 17.4 Å². The summed E-state index contributed by atoms with van der Waals surface area (Å²) >= 11 is 0. The Kier molecular flexibility index (Phi) is 5.43. The van der Waals surface area contributed by atoms with Gasteiger partial charge in [0.1, 0.15) is 11.4 Å². The third kappa shape index (κ3) is 3.88. The van der Waals surface area contributed by atoms with E-state index in [4.69, 9.17) is 5.73 Å². The first-order chi connectivity index (χ1) is 13.3. The van der Waals surface area contributed by atoms with Gasteiger partial charge in [0, 0.05) is 18.7 Å². The first-order valence-corrected chi connectivity index (χ1v) is 9.14. The molecule has 1 aromatic heterocycles. The number of nitrogens with zero attached hydrogens (tertiary/aromatic N) is 4. The monoisotopic (exact) mass is 385 g/mol. The van der Waals surface area contributed by atoms with Crippen molar-refractivity contribution >= 4 is 17.5 Å². The van der Waals surface area contributed by atoms with E-state index in [1.807, 2.05) is 12.1 Å². The Balaban J connectivity index is 1.72. The summed E-state index contributed by atoms with van der Waals surface area (Å²) in [7, 11) is 0. The largest absolute Gasteiger partial charge is 0.369 e. The van der Waals surface area contributed by atoms with Gasteiger partial charge in [-0.1, -0.05) is 12.1 Å². The highest BCUT2D eigenvalue weighted by molar-refractivity contribution is 5.94. The maximum atomic E-state index is 12.7. The number of primary amides is 1. The molecule has 0 bridgehead atoms. The topological polar surface area (TPSA) is 124 Å². The zero-order valence-corrected chi connectivity index (χ0v) is 15.9. The van der Waals surface area contributed by atoms with Crippen LogP contribution in [-0.2, 0) is 11.3 Å². The molecule has 9 nitrogen and oxygen atoms in total. The van der Waals surface area contributed by atoms with E-state index in [-0.39, 0.29) is 23.4 Å². The van der Waals surface area contributed by atoms with Crippen molar-refractivity contribution in [3.8, 4) is 0 Å². The average molecular weight is 385 g/mol. The highest BCUT2D eigenvalue weighted by Gasteiger charge is 2.27. The molecule has 0 saturated carbocycles. The van der Waals surface area contributed by atoms with Gasteiger partial charge in [0.15, 0.2) is 0 Å². The molecular formula is C19H23N5O4. The van der Waals surface area contributed by atoms with Crippen molar-refractivity contribution in [3.05, 3.63) is 56.9 Å². The number of nitro groups is 1. The zero-order valence-electron chi connectivity index (χ0n) is 15.9. The molecular weight excluding hydrogens is 362 g/mol. The number of hydrogen-bond donors (Lipinski definition) is 1. The lowest BCUT2D eigenvalue weighted by Crippen LogP contribution is -2.44. The second-order valence-corrected chi connectivity index (χ2v) is 7.12. The van der Waals surface area contributed by atoms with Crippen molar-refractivity contribution in [2.75, 3.05) is 13.1 Å². The fraction of sp³-hybridized carbons (Fsp3) is 0.421. The molecule has 1 aromatic carbocycles. The lowest BCUT2D eigenvalue weighted by molar-refractivity contribution is -0.386. The van der Waals surface area contributed by atoms with Crippen LogP contribution in [0.2, 0.25) is 0 Å². The van der Waals surface area contributed by atoms with Crippen molar-refractivity contribution in [1.29, 1.82) is 0 Å². The normalized spacial score (nSPS) is 16.8. The molecule has 28 heavy (non-hydrogen) atoms. The second kappa shape index (κ2) is 7.79. The first-order valence-electron chi connectivity index (χ1n) is 9.14. The van der Waals surface area contributed by atoms with Gasteiger partial charge in [0.2, 0.25) is 5.91 Å². The average Bonchev–Trinajstić information content (AvgIpc) is 2.95. The van der Waals surface area contributed by atoms with Crippen LogP contribution in [0, 0.1) is 29.9 Å². The van der Waals surface area contributed by atoms with Crippen LogP contribution in [0.3, 0.4) is 0 Å². The molecule has 9 heteroatoms. The number of hydrogen-bond acceptors (Lipinski definition) is 5. The van der Waals surface area contributed by atoms with E-state index in [9.17, 15) is 19.7 Å². The summed E-state index contributed by atoms with van der Waals surface area (Å²) in [5.74, 6) is -0.787. The Morgan fingerprint density at radius 2 is 1.96 bits per heavy atom. The molecule has 0 spiro atoms. The van der Waals surface area contributed by atoms with Crippen LogP contribution >= 0.6 is 0 Å². The van der Waals surface area contributed by atoms with Gasteiger partial charge in [-0.25, -0.2) is 0 Å². The maximum absolute atomic E-state index is 12.7. The Morgan fingerprint density at radius 3 is 2.54 bits per heavy atom. The lowest BCUT2D eigenvalue weighted by Gasteiger charge is -2.31. The molecule has 2 amide bonds. The molecule has 0 aliphatic carbocycles. The SMILES string of the molecule is Cc1nn(Cc2ccc(C(=O)N3CCCC(C(N)=O)C3)cc2)c(C)c1[N+](=O)[O-]. The predicted molar refractivity (Wildman–Crippen MR) is 102 cm³/mol. The summed E-state index contributed by atoms with van der Waals surface area (Å²) < 4.78 is 1.59. The fourth-order valence-electron chi connectivity index (χ4n) is 3.61. The number of benzene rings is 1. The molecule has 148 valence electrons. The van der Waals surface area contributed by atoms with Crippen molar-refractivity contribution in [2.24, 2.45) is 11.7 Å². The van der Waals surface area contributed by atoms with Gasteiger partial charge in [-0.2, -0.15) is 5.10 Å². The van der Waals surface area contributed by atoms with Crippen molar-refractivity contribution < 1.29 is 14.5 Å². The van der Waals surface area contributed by atoms with Gasteiger partial charge >= 0.3 is 5.69 Å². The van der Waals surface area contributed by atoms with Gasteiger partial charge in [-0.3, -0.25) is 24.4 Å². The number of nitrogens with two attached hydrogens (primary N) is 1. The number of piperidine rings is 1. The minimum atomic E-state index is -0.423. The molecule has 0 radical (unpaired) electrons. The summed E-state index contributed by atoms with van der Waals surface area (Å²) in [6.45, 7) is 4.62. The highest BCUT2D eigenvalue weighted by atomic mass is 16.6. The minimum absolute atomic E-state index is 0.0286. The molecule has 1 saturated heterocycles. The smallest absolute Gasteiger partial charge is 0.312 e. The lowest BCUT2D eigenvalue weighted by atomic mass is 9.97. The maximum Gasteiger partial charge on any atom is 0.312 e. The number of rotatable bonds is 5. The van der Waals surface area contributed by atoms with Crippen LogP contribution in [-0.4, -0.2) is 44.5 Å². The Morgan fingerprint density at radius 1 is 1.29 bits per heavy atom. The first kappa shape index (κ1) is 19.5. The molecule has 3 rings (SSSR count). The van der Waals surface area contributed by atoms with E-state index in [0.717, 1.165) is 12.0 Å². The number of aromatic nitrogens is 2. The van der Waals surface area contributed by atoms with Crippen molar-refractivity contribution in [3.63, 3.8) is 0 Å². The van der Waals surface area contributed by atoms with Crippen LogP contribution in [0.25, 0.3) is 0 Å². The van der Waals surface area contributed by atoms with E-state index in [1.54, 1.807) is 35.6 Å². The standard InChI is InChI=1S/C19H23N5O4/c1-12-17(24(27)28)13(2)23(21-12)10-14-5-7-15(8-6-14)19(26)22-9-3-4-16(11-22)18(20)25/h5-8,16H,3-4,9-11H2,1-2H3,(H2,20,25). The van der Waals surface area contributed by atoms with Crippen molar-refractivity contribution in [2.45, 2.75) is 33.2 Å². The highest BCUT2D eigenvalue weighted by Crippen LogP contribution is 2.23. The fourth-order valence-corrected chi connectivity index (χ4v) is 3.61. The number of amides is 2. The molecule has 1 unspecified atom stereocenters. The summed E-state index contributed by atoms with van der Waals surface area (Å²) in [6.07, 6.45) is 1.47. The van der Waals surface area contributed by atoms with Crippen LogP contribution in [0.1, 0.15) is 40.2 Å². The van der Waals surface area contributed by atoms with Gasteiger partial charge in [-0.05, 0) is 44.4 Å². The van der Waals surface area contributed by atoms with E-state index in [0.29, 0.717) is 43.0 Å². The molecule has 1 atom stereocenters. The third-order valence-electron chi connectivity index (χ3n) is 5.17. The summed E-state index contributed by atoms with van der Waals surface area (Å²) in [5, 5.41) is 15.4. The quantitative estimate of drug-likeness (QED) is 0.621. The van der Waals surface area contributed by atoms with E-state index >= 15 is 0 Å². The number of likely N-dealkylation sites (tertiary alicyclic amines) is 1. The van der Waals surface area contributed by atoms with Crippen LogP contribution in [0.5, 0.6) is 0 Å². The van der Waals surface area contributed by atoms with Gasteiger partial charge in [0.25, 0.3) is 5.91 Å². The molecule has 2 heterocycles. The molecule has 1 aliphatic rings. The third-order valence-corrected chi connectivity index (χ3v) is 5.17. The number of aryl methyl sites for hydroxylation is 1. The van der Waals surface area contributed by atoms with E-state index in [2.05, 4.69) is 5.10 Å². The summed E-state index contributed by atoms with van der Waals surface area (Å²) in [6, 6.07) is 7.08. The summed E-state index contributed by atoms with van der Waals surface area (Å²) in [4.78, 5) is 36.5. The number of carbonyl (C=O) groups excluding carboxylic acids is 2. The van der Waals surface area contributed by atoms with Crippen molar-refractivity contribution in [1.82, 2.24) is 14.7 Å². The zero-order chi connectivity index (χ0) is 20.4. The summed E-state index contributed by atoms with van der Waals surface area (Å²) in [5.41, 5.74) is 7.69. The van der Waals surface area contributed by atoms with Gasteiger partial charge in [-0.15, -0.1) is 0 Å². The molecule has 1 fully saturated rings. The Bertz CT molecular complexity index is 919. The minimum Gasteiger partial charge on any atom is -0.369 e. The van der Waals surface area contributed by atoms with Crippen LogP contribution < -0.4 is 5.73 Å². The molecule has 2 aromatic rings. The predicted octanol–water partition coefficient (Wildman–Crippen LogP) is 1.79. The van der Waals surface area contributed by atoms with Crippen LogP contribution in [0.4, 0.5) is 5.69 Å².